The minimum absolute atomic E-state index is 0.240. The number of benzene rings is 2. The maximum absolute atomic E-state index is 12.9. The van der Waals surface area contributed by atoms with Crippen LogP contribution in [0.3, 0.4) is 0 Å². The van der Waals surface area contributed by atoms with Crippen LogP contribution in [0.2, 0.25) is 0 Å². The number of nitrogens with zero attached hydrogens (tertiary/aromatic N) is 1. The number of para-hydroxylation sites is 1. The van der Waals surface area contributed by atoms with E-state index in [0.717, 1.165) is 16.9 Å². The van der Waals surface area contributed by atoms with Gasteiger partial charge in [-0.25, -0.2) is 4.79 Å². The topological polar surface area (TPSA) is 92.8 Å². The first-order valence-electron chi connectivity index (χ1n) is 10.9. The van der Waals surface area contributed by atoms with Crippen molar-refractivity contribution >= 4 is 41.1 Å². The fourth-order valence-corrected chi connectivity index (χ4v) is 4.21. The van der Waals surface area contributed by atoms with Crippen molar-refractivity contribution in [3.05, 3.63) is 65.2 Å². The lowest BCUT2D eigenvalue weighted by molar-refractivity contribution is -0.151. The van der Waals surface area contributed by atoms with Crippen LogP contribution in [0.25, 0.3) is 0 Å². The molecule has 1 N–H and O–H groups in total. The number of hydrogen-bond donors (Lipinski definition) is 1. The fraction of sp³-hybridized carbons (Fsp3) is 0.360. The second kappa shape index (κ2) is 11.1. The third-order valence-electron chi connectivity index (χ3n) is 5.73. The lowest BCUT2D eigenvalue weighted by Gasteiger charge is -2.24. The molecule has 3 rings (SSSR count). The van der Waals surface area contributed by atoms with E-state index in [1.54, 1.807) is 30.3 Å². The molecule has 0 saturated heterocycles. The van der Waals surface area contributed by atoms with E-state index in [0.29, 0.717) is 11.4 Å². The molecule has 7 nitrogen and oxygen atoms in total. The molecule has 3 amide bonds. The number of imide groups is 1. The standard InChI is InChI=1S/C25H28N2O5S/c1-4-16(2)17-9-7-8-12-20(17)26-22(28)15-32-25(31)21(13-14-33-3)27-23(29)18-10-5-6-11-19(18)24(27)30/h5-12,16,21H,4,13-15H2,1-3H3,(H,26,28)/t16-,21-/m0/s1. The van der Waals surface area contributed by atoms with E-state index >= 15 is 0 Å². The first-order chi connectivity index (χ1) is 15.9. The van der Waals surface area contributed by atoms with Crippen LogP contribution >= 0.6 is 11.8 Å². The highest BCUT2D eigenvalue weighted by Crippen LogP contribution is 2.28. The number of anilines is 1. The predicted octanol–water partition coefficient (Wildman–Crippen LogP) is 4.10. The molecule has 33 heavy (non-hydrogen) atoms. The maximum atomic E-state index is 12.9. The molecule has 0 fully saturated rings. The van der Waals surface area contributed by atoms with Crippen molar-refractivity contribution in [2.45, 2.75) is 38.6 Å². The van der Waals surface area contributed by atoms with Crippen LogP contribution in [0.1, 0.15) is 58.9 Å². The number of ether oxygens (including phenoxy) is 1. The number of hydrogen-bond acceptors (Lipinski definition) is 6. The van der Waals surface area contributed by atoms with Crippen LogP contribution in [0.4, 0.5) is 5.69 Å². The molecule has 2 atom stereocenters. The Balaban J connectivity index is 1.69. The molecular formula is C25H28N2O5S. The van der Waals surface area contributed by atoms with Crippen LogP contribution in [-0.2, 0) is 14.3 Å². The van der Waals surface area contributed by atoms with E-state index in [4.69, 9.17) is 4.74 Å². The Hall–Kier alpha value is -3.13. The van der Waals surface area contributed by atoms with E-state index in [1.165, 1.54) is 11.8 Å². The van der Waals surface area contributed by atoms with E-state index in [9.17, 15) is 19.2 Å². The Morgan fingerprint density at radius 1 is 1.03 bits per heavy atom. The molecule has 0 bridgehead atoms. The first kappa shape index (κ1) is 24.5. The Morgan fingerprint density at radius 3 is 2.24 bits per heavy atom. The van der Waals surface area contributed by atoms with E-state index in [-0.39, 0.29) is 23.5 Å². The zero-order valence-electron chi connectivity index (χ0n) is 19.0. The number of thioether (sulfide) groups is 1. The second-order valence-corrected chi connectivity index (χ2v) is 8.86. The number of esters is 1. The monoisotopic (exact) mass is 468 g/mol. The van der Waals surface area contributed by atoms with Gasteiger partial charge in [-0.05, 0) is 54.5 Å². The highest BCUT2D eigenvalue weighted by molar-refractivity contribution is 7.98. The molecule has 0 aliphatic carbocycles. The SMILES string of the molecule is CC[C@H](C)c1ccccc1NC(=O)COC(=O)[C@H](CCSC)N1C(=O)c2ccccc2C1=O. The van der Waals surface area contributed by atoms with Crippen LogP contribution in [0.15, 0.2) is 48.5 Å². The van der Waals surface area contributed by atoms with Crippen molar-refractivity contribution in [3.63, 3.8) is 0 Å². The zero-order valence-corrected chi connectivity index (χ0v) is 19.8. The largest absolute Gasteiger partial charge is 0.454 e. The molecular weight excluding hydrogens is 440 g/mol. The Morgan fingerprint density at radius 2 is 1.64 bits per heavy atom. The summed E-state index contributed by atoms with van der Waals surface area (Å²) < 4.78 is 5.26. The van der Waals surface area contributed by atoms with Gasteiger partial charge in [0.2, 0.25) is 0 Å². The van der Waals surface area contributed by atoms with Crippen molar-refractivity contribution in [2.24, 2.45) is 0 Å². The summed E-state index contributed by atoms with van der Waals surface area (Å²) in [5, 5.41) is 2.80. The average Bonchev–Trinajstić information content (AvgIpc) is 3.08. The first-order valence-corrected chi connectivity index (χ1v) is 12.3. The Kier molecular flexibility index (Phi) is 8.27. The van der Waals surface area contributed by atoms with Crippen LogP contribution in [-0.4, -0.2) is 53.2 Å². The number of amides is 3. The average molecular weight is 469 g/mol. The van der Waals surface area contributed by atoms with Crippen molar-refractivity contribution in [3.8, 4) is 0 Å². The minimum Gasteiger partial charge on any atom is -0.454 e. The van der Waals surface area contributed by atoms with Gasteiger partial charge in [-0.15, -0.1) is 0 Å². The highest BCUT2D eigenvalue weighted by atomic mass is 32.2. The minimum atomic E-state index is -1.09. The van der Waals surface area contributed by atoms with Crippen LogP contribution in [0.5, 0.6) is 0 Å². The summed E-state index contributed by atoms with van der Waals surface area (Å²) >= 11 is 1.49. The summed E-state index contributed by atoms with van der Waals surface area (Å²) in [6, 6.07) is 12.9. The molecule has 2 aromatic rings. The molecule has 8 heteroatoms. The molecule has 0 unspecified atom stereocenters. The van der Waals surface area contributed by atoms with E-state index < -0.39 is 36.3 Å². The van der Waals surface area contributed by atoms with Crippen molar-refractivity contribution in [1.29, 1.82) is 0 Å². The molecule has 0 saturated carbocycles. The number of fused-ring (bicyclic) bond motifs is 1. The summed E-state index contributed by atoms with van der Waals surface area (Å²) in [4.78, 5) is 52.0. The van der Waals surface area contributed by atoms with Crippen molar-refractivity contribution in [2.75, 3.05) is 23.9 Å². The van der Waals surface area contributed by atoms with Crippen molar-refractivity contribution < 1.29 is 23.9 Å². The van der Waals surface area contributed by atoms with Crippen LogP contribution in [0, 0.1) is 0 Å². The van der Waals surface area contributed by atoms with Gasteiger partial charge in [-0.3, -0.25) is 19.3 Å². The summed E-state index contributed by atoms with van der Waals surface area (Å²) in [7, 11) is 0. The third kappa shape index (κ3) is 5.45. The molecule has 0 spiro atoms. The lowest BCUT2D eigenvalue weighted by atomic mass is 9.97. The second-order valence-electron chi connectivity index (χ2n) is 7.88. The third-order valence-corrected chi connectivity index (χ3v) is 6.37. The van der Waals surface area contributed by atoms with Gasteiger partial charge in [0, 0.05) is 5.69 Å². The van der Waals surface area contributed by atoms with Gasteiger partial charge >= 0.3 is 5.97 Å². The van der Waals surface area contributed by atoms with Gasteiger partial charge in [0.15, 0.2) is 6.61 Å². The normalized spacial score (nSPS) is 14.6. The Bertz CT molecular complexity index is 1020. The molecule has 174 valence electrons. The van der Waals surface area contributed by atoms with E-state index in [2.05, 4.69) is 19.2 Å². The van der Waals surface area contributed by atoms with Crippen molar-refractivity contribution in [1.82, 2.24) is 4.90 Å². The molecule has 1 heterocycles. The Labute approximate surface area is 197 Å². The molecule has 1 aliphatic heterocycles. The van der Waals surface area contributed by atoms with Gasteiger partial charge in [0.25, 0.3) is 17.7 Å². The number of nitrogens with one attached hydrogen (secondary N) is 1. The number of carbonyl (C=O) groups is 4. The number of rotatable bonds is 10. The van der Waals surface area contributed by atoms with Gasteiger partial charge < -0.3 is 10.1 Å². The fourth-order valence-electron chi connectivity index (χ4n) is 3.75. The van der Waals surface area contributed by atoms with Gasteiger partial charge in [-0.1, -0.05) is 44.2 Å². The van der Waals surface area contributed by atoms with Gasteiger partial charge in [0.05, 0.1) is 11.1 Å². The lowest BCUT2D eigenvalue weighted by Crippen LogP contribution is -2.46. The molecule has 2 aromatic carbocycles. The van der Waals surface area contributed by atoms with Crippen LogP contribution < -0.4 is 5.32 Å². The summed E-state index contributed by atoms with van der Waals surface area (Å²) in [5.74, 6) is -1.50. The van der Waals surface area contributed by atoms with Gasteiger partial charge in [-0.2, -0.15) is 11.8 Å². The summed E-state index contributed by atoms with van der Waals surface area (Å²) in [6.45, 7) is 3.63. The molecule has 0 aromatic heterocycles. The zero-order chi connectivity index (χ0) is 24.0. The summed E-state index contributed by atoms with van der Waals surface area (Å²) in [6.07, 6.45) is 3.02. The predicted molar refractivity (Wildman–Crippen MR) is 128 cm³/mol. The van der Waals surface area contributed by atoms with Gasteiger partial charge in [0.1, 0.15) is 6.04 Å². The number of carbonyl (C=O) groups excluding carboxylic acids is 4. The summed E-state index contributed by atoms with van der Waals surface area (Å²) in [5.41, 5.74) is 2.21. The highest BCUT2D eigenvalue weighted by Gasteiger charge is 2.43. The maximum Gasteiger partial charge on any atom is 0.329 e. The molecule has 0 radical (unpaired) electrons. The quantitative estimate of drug-likeness (QED) is 0.417. The van der Waals surface area contributed by atoms with E-state index in [1.807, 2.05) is 24.5 Å². The smallest absolute Gasteiger partial charge is 0.329 e. The molecule has 1 aliphatic rings.